The van der Waals surface area contributed by atoms with Crippen molar-refractivity contribution in [3.8, 4) is 0 Å². The van der Waals surface area contributed by atoms with E-state index in [4.69, 9.17) is 10.5 Å². The van der Waals surface area contributed by atoms with Crippen molar-refractivity contribution in [1.29, 1.82) is 0 Å². The van der Waals surface area contributed by atoms with Crippen LogP contribution in [0.4, 0.5) is 0 Å². The Hall–Kier alpha value is -0.950. The number of aryl methyl sites for hydroxylation is 1. The normalized spacial score (nSPS) is 17.6. The van der Waals surface area contributed by atoms with Gasteiger partial charge in [-0.25, -0.2) is 13.1 Å². The summed E-state index contributed by atoms with van der Waals surface area (Å²) >= 11 is 0. The Morgan fingerprint density at radius 3 is 2.63 bits per heavy atom. The van der Waals surface area contributed by atoms with Crippen LogP contribution in [0.2, 0.25) is 0 Å². The van der Waals surface area contributed by atoms with Gasteiger partial charge in [0.05, 0.1) is 4.90 Å². The lowest BCUT2D eigenvalue weighted by molar-refractivity contribution is 0.0832. The topological polar surface area (TPSA) is 81.4 Å². The van der Waals surface area contributed by atoms with Crippen molar-refractivity contribution in [1.82, 2.24) is 4.72 Å². The summed E-state index contributed by atoms with van der Waals surface area (Å²) in [7, 11) is -3.46. The van der Waals surface area contributed by atoms with Crippen molar-refractivity contribution in [3.63, 3.8) is 0 Å². The summed E-state index contributed by atoms with van der Waals surface area (Å²) in [6.07, 6.45) is 1.44. The van der Waals surface area contributed by atoms with Crippen LogP contribution in [-0.2, 0) is 21.3 Å². The molecular formula is C13H20N2O3S. The van der Waals surface area contributed by atoms with Crippen molar-refractivity contribution in [3.05, 3.63) is 29.3 Å². The van der Waals surface area contributed by atoms with Crippen LogP contribution >= 0.6 is 0 Å². The Balaban J connectivity index is 2.18. The van der Waals surface area contributed by atoms with Crippen molar-refractivity contribution < 1.29 is 13.2 Å². The molecule has 0 unspecified atom stereocenters. The number of hydrogen-bond acceptors (Lipinski definition) is 4. The van der Waals surface area contributed by atoms with E-state index in [9.17, 15) is 8.42 Å². The van der Waals surface area contributed by atoms with E-state index in [0.717, 1.165) is 24.0 Å². The van der Waals surface area contributed by atoms with Gasteiger partial charge in [0, 0.05) is 25.8 Å². The standard InChI is InChI=1S/C13H20N2O3S/c1-10-8-11(9-14)2-3-13(10)19(16,17)15-12-4-6-18-7-5-12/h2-3,8,12,15H,4-7,9,14H2,1H3. The summed E-state index contributed by atoms with van der Waals surface area (Å²) in [6.45, 7) is 3.42. The fourth-order valence-electron chi connectivity index (χ4n) is 2.24. The zero-order valence-corrected chi connectivity index (χ0v) is 11.9. The number of ether oxygens (including phenoxy) is 1. The first-order valence-electron chi connectivity index (χ1n) is 6.42. The highest BCUT2D eigenvalue weighted by molar-refractivity contribution is 7.89. The van der Waals surface area contributed by atoms with Gasteiger partial charge in [-0.05, 0) is 37.0 Å². The van der Waals surface area contributed by atoms with Crippen LogP contribution in [-0.4, -0.2) is 27.7 Å². The molecule has 1 aliphatic rings. The van der Waals surface area contributed by atoms with E-state index >= 15 is 0 Å². The molecule has 0 atom stereocenters. The van der Waals surface area contributed by atoms with E-state index in [0.29, 0.717) is 24.7 Å². The minimum Gasteiger partial charge on any atom is -0.381 e. The second-order valence-corrected chi connectivity index (χ2v) is 6.49. The molecule has 1 heterocycles. The van der Waals surface area contributed by atoms with Gasteiger partial charge in [-0.15, -0.1) is 0 Å². The molecule has 19 heavy (non-hydrogen) atoms. The molecule has 1 fully saturated rings. The number of nitrogens with one attached hydrogen (secondary N) is 1. The molecule has 5 nitrogen and oxygen atoms in total. The second-order valence-electron chi connectivity index (χ2n) is 4.81. The predicted octanol–water partition coefficient (Wildman–Crippen LogP) is 0.911. The van der Waals surface area contributed by atoms with Crippen LogP contribution in [0.5, 0.6) is 0 Å². The molecule has 106 valence electrons. The zero-order chi connectivity index (χ0) is 13.9. The second kappa shape index (κ2) is 6.00. The van der Waals surface area contributed by atoms with Gasteiger partial charge in [-0.3, -0.25) is 0 Å². The molecule has 2 rings (SSSR count). The summed E-state index contributed by atoms with van der Waals surface area (Å²) in [5, 5.41) is 0. The Morgan fingerprint density at radius 1 is 1.37 bits per heavy atom. The SMILES string of the molecule is Cc1cc(CN)ccc1S(=O)(=O)NC1CCOCC1. The smallest absolute Gasteiger partial charge is 0.241 e. The third-order valence-corrected chi connectivity index (χ3v) is 4.99. The van der Waals surface area contributed by atoms with Crippen LogP contribution in [0.15, 0.2) is 23.1 Å². The maximum absolute atomic E-state index is 12.3. The first-order chi connectivity index (χ1) is 9.03. The first kappa shape index (κ1) is 14.5. The molecule has 0 amide bonds. The average Bonchev–Trinajstić information content (AvgIpc) is 2.38. The maximum atomic E-state index is 12.3. The minimum atomic E-state index is -3.46. The van der Waals surface area contributed by atoms with E-state index < -0.39 is 10.0 Å². The number of hydrogen-bond donors (Lipinski definition) is 2. The molecule has 0 radical (unpaired) electrons. The van der Waals surface area contributed by atoms with Crippen molar-refractivity contribution in [2.24, 2.45) is 5.73 Å². The third kappa shape index (κ3) is 3.54. The van der Waals surface area contributed by atoms with Gasteiger partial charge >= 0.3 is 0 Å². The van der Waals surface area contributed by atoms with Crippen molar-refractivity contribution in [2.45, 2.75) is 37.2 Å². The van der Waals surface area contributed by atoms with E-state index in [1.807, 2.05) is 6.07 Å². The van der Waals surface area contributed by atoms with Crippen molar-refractivity contribution in [2.75, 3.05) is 13.2 Å². The molecule has 0 aromatic heterocycles. The molecule has 1 aromatic carbocycles. The van der Waals surface area contributed by atoms with E-state index in [1.54, 1.807) is 19.1 Å². The average molecular weight is 284 g/mol. The lowest BCUT2D eigenvalue weighted by Crippen LogP contribution is -2.39. The monoisotopic (exact) mass is 284 g/mol. The van der Waals surface area contributed by atoms with Crippen molar-refractivity contribution >= 4 is 10.0 Å². The lowest BCUT2D eigenvalue weighted by Gasteiger charge is -2.23. The summed E-state index contributed by atoms with van der Waals surface area (Å²) in [4.78, 5) is 0.330. The van der Waals surface area contributed by atoms with E-state index in [-0.39, 0.29) is 6.04 Å². The Bertz CT molecular complexity index is 537. The third-order valence-electron chi connectivity index (χ3n) is 3.31. The molecule has 3 N–H and O–H groups in total. The van der Waals surface area contributed by atoms with Gasteiger partial charge in [0.15, 0.2) is 0 Å². The largest absolute Gasteiger partial charge is 0.381 e. The van der Waals surface area contributed by atoms with Gasteiger partial charge in [0.1, 0.15) is 0 Å². The summed E-state index contributed by atoms with van der Waals surface area (Å²) in [5.74, 6) is 0. The van der Waals surface area contributed by atoms with Gasteiger partial charge in [0.25, 0.3) is 0 Å². The van der Waals surface area contributed by atoms with Gasteiger partial charge in [-0.1, -0.05) is 12.1 Å². The quantitative estimate of drug-likeness (QED) is 0.861. The zero-order valence-electron chi connectivity index (χ0n) is 11.1. The molecule has 1 aliphatic heterocycles. The molecule has 0 aliphatic carbocycles. The number of sulfonamides is 1. The first-order valence-corrected chi connectivity index (χ1v) is 7.91. The Labute approximate surface area is 114 Å². The molecule has 0 spiro atoms. The van der Waals surface area contributed by atoms with E-state index in [1.165, 1.54) is 0 Å². The lowest BCUT2D eigenvalue weighted by atomic mass is 10.1. The highest BCUT2D eigenvalue weighted by Crippen LogP contribution is 2.18. The fourth-order valence-corrected chi connectivity index (χ4v) is 3.77. The number of rotatable bonds is 4. The summed E-state index contributed by atoms with van der Waals surface area (Å²) in [6, 6.07) is 5.16. The minimum absolute atomic E-state index is 0.0349. The molecule has 1 aromatic rings. The van der Waals surface area contributed by atoms with E-state index in [2.05, 4.69) is 4.72 Å². The van der Waals surface area contributed by atoms with Crippen LogP contribution in [0.1, 0.15) is 24.0 Å². The maximum Gasteiger partial charge on any atom is 0.241 e. The van der Waals surface area contributed by atoms with Crippen LogP contribution in [0.3, 0.4) is 0 Å². The van der Waals surface area contributed by atoms with Gasteiger partial charge in [-0.2, -0.15) is 0 Å². The Kier molecular flexibility index (Phi) is 4.57. The summed E-state index contributed by atoms with van der Waals surface area (Å²) < 4.78 is 32.7. The number of benzene rings is 1. The molecular weight excluding hydrogens is 264 g/mol. The van der Waals surface area contributed by atoms with Gasteiger partial charge < -0.3 is 10.5 Å². The van der Waals surface area contributed by atoms with Crippen LogP contribution < -0.4 is 10.5 Å². The van der Waals surface area contributed by atoms with Crippen LogP contribution in [0.25, 0.3) is 0 Å². The molecule has 1 saturated heterocycles. The Morgan fingerprint density at radius 2 is 2.05 bits per heavy atom. The predicted molar refractivity (Wildman–Crippen MR) is 73.2 cm³/mol. The fraction of sp³-hybridized carbons (Fsp3) is 0.538. The molecule has 0 saturated carbocycles. The highest BCUT2D eigenvalue weighted by atomic mass is 32.2. The highest BCUT2D eigenvalue weighted by Gasteiger charge is 2.23. The van der Waals surface area contributed by atoms with Crippen LogP contribution in [0, 0.1) is 6.92 Å². The molecule has 0 bridgehead atoms. The van der Waals surface area contributed by atoms with Gasteiger partial charge in [0.2, 0.25) is 10.0 Å². The summed E-state index contributed by atoms with van der Waals surface area (Å²) in [5.41, 5.74) is 7.21. The molecule has 6 heteroatoms. The number of nitrogens with two attached hydrogens (primary N) is 1.